The van der Waals surface area contributed by atoms with E-state index in [1.807, 2.05) is 24.3 Å². The first-order valence-electron chi connectivity index (χ1n) is 7.00. The predicted octanol–water partition coefficient (Wildman–Crippen LogP) is 3.31. The van der Waals surface area contributed by atoms with Crippen LogP contribution in [0.2, 0.25) is 0 Å². The minimum atomic E-state index is -0.574. The molecule has 1 rings (SSSR count). The van der Waals surface area contributed by atoms with Crippen molar-refractivity contribution in [3.63, 3.8) is 0 Å². The Hall–Kier alpha value is -1.56. The summed E-state index contributed by atoms with van der Waals surface area (Å²) in [5.74, 6) is -0.831. The average molecular weight is 372 g/mol. The standard InChI is InChI=1S/C16H22BrNO4/c1-16(2,3)22-15(20)18-10-12(14(19)21-4)8-11-6-5-7-13(17)9-11/h5-7,9,12H,8,10H2,1-4H3,(H,18,20)/t12-/m1/s1. The molecule has 1 aromatic rings. The molecule has 0 aliphatic heterocycles. The van der Waals surface area contributed by atoms with Crippen molar-refractivity contribution in [1.82, 2.24) is 5.32 Å². The van der Waals surface area contributed by atoms with Gasteiger partial charge in [0.05, 0.1) is 13.0 Å². The van der Waals surface area contributed by atoms with Gasteiger partial charge in [0.1, 0.15) is 5.60 Å². The van der Waals surface area contributed by atoms with E-state index in [2.05, 4.69) is 21.2 Å². The molecule has 0 heterocycles. The normalized spacial score (nSPS) is 12.4. The number of alkyl carbamates (subject to hydrolysis) is 1. The molecule has 22 heavy (non-hydrogen) atoms. The van der Waals surface area contributed by atoms with Gasteiger partial charge >= 0.3 is 12.1 Å². The van der Waals surface area contributed by atoms with E-state index in [1.54, 1.807) is 20.8 Å². The highest BCUT2D eigenvalue weighted by atomic mass is 79.9. The summed E-state index contributed by atoms with van der Waals surface area (Å²) < 4.78 is 10.9. The van der Waals surface area contributed by atoms with Gasteiger partial charge < -0.3 is 14.8 Å². The minimum Gasteiger partial charge on any atom is -0.469 e. The maximum atomic E-state index is 11.9. The number of hydrogen-bond acceptors (Lipinski definition) is 4. The van der Waals surface area contributed by atoms with E-state index in [1.165, 1.54) is 7.11 Å². The van der Waals surface area contributed by atoms with Crippen LogP contribution in [0.3, 0.4) is 0 Å². The summed E-state index contributed by atoms with van der Waals surface area (Å²) in [7, 11) is 1.34. The number of ether oxygens (including phenoxy) is 2. The highest BCUT2D eigenvalue weighted by molar-refractivity contribution is 9.10. The van der Waals surface area contributed by atoms with Crippen LogP contribution >= 0.6 is 15.9 Å². The fraction of sp³-hybridized carbons (Fsp3) is 0.500. The first kappa shape index (κ1) is 18.5. The van der Waals surface area contributed by atoms with E-state index in [9.17, 15) is 9.59 Å². The Balaban J connectivity index is 2.66. The molecule has 0 bridgehead atoms. The highest BCUT2D eigenvalue weighted by Gasteiger charge is 2.22. The summed E-state index contributed by atoms with van der Waals surface area (Å²) in [4.78, 5) is 23.6. The number of esters is 1. The van der Waals surface area contributed by atoms with E-state index in [0.717, 1.165) is 10.0 Å². The van der Waals surface area contributed by atoms with Crippen LogP contribution in [0, 0.1) is 5.92 Å². The molecule has 6 heteroatoms. The summed E-state index contributed by atoms with van der Waals surface area (Å²) in [6, 6.07) is 7.67. The number of nitrogens with one attached hydrogen (secondary N) is 1. The van der Waals surface area contributed by atoms with Crippen molar-refractivity contribution < 1.29 is 19.1 Å². The van der Waals surface area contributed by atoms with Gasteiger partial charge in [0.25, 0.3) is 0 Å². The van der Waals surface area contributed by atoms with Crippen LogP contribution in [0.1, 0.15) is 26.3 Å². The second-order valence-electron chi connectivity index (χ2n) is 5.94. The summed E-state index contributed by atoms with van der Waals surface area (Å²) in [5.41, 5.74) is 0.408. The fourth-order valence-corrected chi connectivity index (χ4v) is 2.32. The lowest BCUT2D eigenvalue weighted by atomic mass is 9.99. The van der Waals surface area contributed by atoms with Gasteiger partial charge in [-0.25, -0.2) is 4.79 Å². The van der Waals surface area contributed by atoms with E-state index in [4.69, 9.17) is 9.47 Å². The number of amides is 1. The maximum Gasteiger partial charge on any atom is 0.407 e. The van der Waals surface area contributed by atoms with Crippen molar-refractivity contribution in [2.24, 2.45) is 5.92 Å². The molecule has 1 N–H and O–H groups in total. The molecule has 5 nitrogen and oxygen atoms in total. The lowest BCUT2D eigenvalue weighted by Crippen LogP contribution is -2.38. The fourth-order valence-electron chi connectivity index (χ4n) is 1.87. The topological polar surface area (TPSA) is 64.6 Å². The van der Waals surface area contributed by atoms with Gasteiger partial charge in [0, 0.05) is 11.0 Å². The molecule has 0 saturated carbocycles. The zero-order valence-electron chi connectivity index (χ0n) is 13.3. The van der Waals surface area contributed by atoms with Gasteiger partial charge in [-0.2, -0.15) is 0 Å². The molecule has 122 valence electrons. The number of carbonyl (C=O) groups is 2. The smallest absolute Gasteiger partial charge is 0.407 e. The number of rotatable bonds is 5. The molecule has 0 fully saturated rings. The summed E-state index contributed by atoms with van der Waals surface area (Å²) in [5, 5.41) is 2.62. The van der Waals surface area contributed by atoms with Crippen molar-refractivity contribution in [3.8, 4) is 0 Å². The van der Waals surface area contributed by atoms with Gasteiger partial charge in [0.15, 0.2) is 0 Å². The second kappa shape index (κ2) is 8.17. The third kappa shape index (κ3) is 6.93. The van der Waals surface area contributed by atoms with Gasteiger partial charge in [-0.05, 0) is 44.9 Å². The van der Waals surface area contributed by atoms with Crippen molar-refractivity contribution in [1.29, 1.82) is 0 Å². The Morgan fingerprint density at radius 1 is 1.32 bits per heavy atom. The number of methoxy groups -OCH3 is 1. The predicted molar refractivity (Wildman–Crippen MR) is 87.6 cm³/mol. The van der Waals surface area contributed by atoms with Crippen LogP contribution in [-0.2, 0) is 20.7 Å². The first-order valence-corrected chi connectivity index (χ1v) is 7.79. The molecule has 0 aromatic heterocycles. The molecule has 1 aromatic carbocycles. The van der Waals surface area contributed by atoms with Crippen molar-refractivity contribution in [2.45, 2.75) is 32.8 Å². The molecule has 0 aliphatic carbocycles. The minimum absolute atomic E-state index is 0.161. The van der Waals surface area contributed by atoms with Crippen LogP contribution in [0.15, 0.2) is 28.7 Å². The monoisotopic (exact) mass is 371 g/mol. The molecule has 0 radical (unpaired) electrons. The summed E-state index contributed by atoms with van der Waals surface area (Å²) in [6.07, 6.45) is -0.0716. The Morgan fingerprint density at radius 3 is 2.55 bits per heavy atom. The zero-order chi connectivity index (χ0) is 16.8. The largest absolute Gasteiger partial charge is 0.469 e. The molecule has 0 saturated heterocycles. The zero-order valence-corrected chi connectivity index (χ0v) is 14.9. The lowest BCUT2D eigenvalue weighted by molar-refractivity contribution is -0.145. The van der Waals surface area contributed by atoms with Gasteiger partial charge in [-0.1, -0.05) is 28.1 Å². The Bertz CT molecular complexity index is 525. The van der Waals surface area contributed by atoms with Crippen LogP contribution in [0.25, 0.3) is 0 Å². The summed E-state index contributed by atoms with van der Waals surface area (Å²) >= 11 is 3.40. The highest BCUT2D eigenvalue weighted by Crippen LogP contribution is 2.16. The van der Waals surface area contributed by atoms with Gasteiger partial charge in [-0.3, -0.25) is 4.79 Å². The average Bonchev–Trinajstić information content (AvgIpc) is 2.40. The van der Waals surface area contributed by atoms with E-state index in [0.29, 0.717) is 6.42 Å². The van der Waals surface area contributed by atoms with Crippen molar-refractivity contribution >= 4 is 28.0 Å². The Kier molecular flexibility index (Phi) is 6.87. The van der Waals surface area contributed by atoms with Gasteiger partial charge in [-0.15, -0.1) is 0 Å². The molecular weight excluding hydrogens is 350 g/mol. The quantitative estimate of drug-likeness (QED) is 0.806. The third-order valence-electron chi connectivity index (χ3n) is 2.80. The lowest BCUT2D eigenvalue weighted by Gasteiger charge is -2.21. The third-order valence-corrected chi connectivity index (χ3v) is 3.29. The van der Waals surface area contributed by atoms with Crippen LogP contribution in [0.4, 0.5) is 4.79 Å². The molecule has 1 amide bonds. The van der Waals surface area contributed by atoms with Crippen molar-refractivity contribution in [3.05, 3.63) is 34.3 Å². The molecular formula is C16H22BrNO4. The molecule has 0 aliphatic rings. The summed E-state index contributed by atoms with van der Waals surface area (Å²) in [6.45, 7) is 5.51. The van der Waals surface area contributed by atoms with Crippen LogP contribution in [0.5, 0.6) is 0 Å². The number of benzene rings is 1. The van der Waals surface area contributed by atoms with E-state index in [-0.39, 0.29) is 12.5 Å². The van der Waals surface area contributed by atoms with Crippen molar-refractivity contribution in [2.75, 3.05) is 13.7 Å². The molecule has 0 unspecified atom stereocenters. The van der Waals surface area contributed by atoms with E-state index >= 15 is 0 Å². The number of hydrogen-bond donors (Lipinski definition) is 1. The number of halogens is 1. The van der Waals surface area contributed by atoms with Crippen LogP contribution in [-0.4, -0.2) is 31.3 Å². The van der Waals surface area contributed by atoms with Gasteiger partial charge in [0.2, 0.25) is 0 Å². The van der Waals surface area contributed by atoms with E-state index < -0.39 is 17.6 Å². The first-order chi connectivity index (χ1) is 10.2. The maximum absolute atomic E-state index is 11.9. The molecule has 0 spiro atoms. The Morgan fingerprint density at radius 2 is 2.00 bits per heavy atom. The van der Waals surface area contributed by atoms with Crippen LogP contribution < -0.4 is 5.32 Å². The Labute approximate surface area is 139 Å². The molecule has 1 atom stereocenters. The SMILES string of the molecule is COC(=O)[C@@H](CNC(=O)OC(C)(C)C)Cc1cccc(Br)c1. The number of carbonyl (C=O) groups excluding carboxylic acids is 2. The second-order valence-corrected chi connectivity index (χ2v) is 6.85.